The second-order valence-corrected chi connectivity index (χ2v) is 8.77. The van der Waals surface area contributed by atoms with Gasteiger partial charge in [-0.05, 0) is 37.7 Å². The van der Waals surface area contributed by atoms with Crippen LogP contribution in [-0.2, 0) is 20.1 Å². The summed E-state index contributed by atoms with van der Waals surface area (Å²) in [6, 6.07) is 10.8. The number of aromatic nitrogens is 3. The summed E-state index contributed by atoms with van der Waals surface area (Å²) >= 11 is 0. The zero-order valence-electron chi connectivity index (χ0n) is 18.8. The number of nitrogens with one attached hydrogen (secondary N) is 2. The fourth-order valence-corrected chi connectivity index (χ4v) is 4.54. The summed E-state index contributed by atoms with van der Waals surface area (Å²) in [5.41, 5.74) is 1.21. The molecule has 1 aromatic heterocycles. The van der Waals surface area contributed by atoms with E-state index in [1.807, 2.05) is 24.6 Å². The number of benzene rings is 1. The van der Waals surface area contributed by atoms with Crippen LogP contribution in [0.4, 0.5) is 0 Å². The van der Waals surface area contributed by atoms with Gasteiger partial charge in [-0.15, -0.1) is 34.2 Å². The average molecular weight is 537 g/mol. The first-order valence-electron chi connectivity index (χ1n) is 11.3. The molecule has 1 unspecified atom stereocenters. The van der Waals surface area contributed by atoms with E-state index < -0.39 is 0 Å². The molecule has 0 radical (unpaired) electrons. The van der Waals surface area contributed by atoms with Gasteiger partial charge in [0, 0.05) is 32.7 Å². The van der Waals surface area contributed by atoms with Crippen molar-refractivity contribution in [1.82, 2.24) is 30.3 Å². The van der Waals surface area contributed by atoms with Crippen molar-refractivity contribution in [1.29, 1.82) is 0 Å². The van der Waals surface area contributed by atoms with Crippen LogP contribution in [0.25, 0.3) is 0 Å². The Morgan fingerprint density at radius 3 is 2.61 bits per heavy atom. The first-order chi connectivity index (χ1) is 14.7. The molecule has 0 amide bonds. The summed E-state index contributed by atoms with van der Waals surface area (Å²) in [4.78, 5) is 7.49. The Morgan fingerprint density at radius 1 is 1.13 bits per heavy atom. The molecule has 2 aliphatic rings. The van der Waals surface area contributed by atoms with E-state index in [4.69, 9.17) is 4.99 Å². The maximum absolute atomic E-state index is 4.86. The van der Waals surface area contributed by atoms with Crippen molar-refractivity contribution in [2.24, 2.45) is 18.0 Å². The first-order valence-corrected chi connectivity index (χ1v) is 11.3. The molecule has 7 nitrogen and oxygen atoms in total. The number of aliphatic imine (C=N–C) groups is 1. The van der Waals surface area contributed by atoms with Crippen molar-refractivity contribution in [2.75, 3.05) is 19.6 Å². The third kappa shape index (κ3) is 6.90. The second-order valence-electron chi connectivity index (χ2n) is 8.77. The molecular formula is C23H36IN7. The van der Waals surface area contributed by atoms with E-state index in [0.29, 0.717) is 19.1 Å². The molecule has 2 fully saturated rings. The Balaban J connectivity index is 0.00000272. The molecule has 1 saturated carbocycles. The summed E-state index contributed by atoms with van der Waals surface area (Å²) in [5, 5.41) is 15.6. The van der Waals surface area contributed by atoms with E-state index in [0.717, 1.165) is 30.1 Å². The summed E-state index contributed by atoms with van der Waals surface area (Å²) in [6.07, 6.45) is 6.83. The predicted octanol–water partition coefficient (Wildman–Crippen LogP) is 3.24. The van der Waals surface area contributed by atoms with Gasteiger partial charge in [-0.3, -0.25) is 0 Å². The van der Waals surface area contributed by atoms with Gasteiger partial charge in [0.05, 0.1) is 13.1 Å². The maximum atomic E-state index is 4.86. The van der Waals surface area contributed by atoms with Crippen LogP contribution >= 0.6 is 24.0 Å². The number of aryl methyl sites for hydroxylation is 1. The molecule has 1 saturated heterocycles. The smallest absolute Gasteiger partial charge is 0.192 e. The van der Waals surface area contributed by atoms with Crippen molar-refractivity contribution < 1.29 is 0 Å². The SMILES string of the molecule is Cc1nnc(CNC(=NCc2ccccc2)NC2CCN(CC3CCCC3)C2)n1C.I. The van der Waals surface area contributed by atoms with Crippen LogP contribution in [-0.4, -0.2) is 51.3 Å². The molecule has 1 aliphatic heterocycles. The van der Waals surface area contributed by atoms with Gasteiger partial charge in [-0.1, -0.05) is 43.2 Å². The number of halogens is 1. The second kappa shape index (κ2) is 11.8. The number of guanidine groups is 1. The molecular weight excluding hydrogens is 501 g/mol. The third-order valence-electron chi connectivity index (χ3n) is 6.46. The van der Waals surface area contributed by atoms with E-state index >= 15 is 0 Å². The van der Waals surface area contributed by atoms with E-state index in [2.05, 4.69) is 50.0 Å². The Bertz CT molecular complexity index is 830. The highest BCUT2D eigenvalue weighted by Crippen LogP contribution is 2.26. The zero-order valence-corrected chi connectivity index (χ0v) is 21.1. The lowest BCUT2D eigenvalue weighted by molar-refractivity contribution is 0.275. The van der Waals surface area contributed by atoms with Gasteiger partial charge in [-0.25, -0.2) is 4.99 Å². The van der Waals surface area contributed by atoms with Crippen molar-refractivity contribution in [2.45, 2.75) is 58.2 Å². The molecule has 8 heteroatoms. The lowest BCUT2D eigenvalue weighted by Crippen LogP contribution is -2.45. The highest BCUT2D eigenvalue weighted by atomic mass is 127. The number of hydrogen-bond donors (Lipinski definition) is 2. The fraction of sp³-hybridized carbons (Fsp3) is 0.609. The molecule has 2 heterocycles. The minimum absolute atomic E-state index is 0. The molecule has 31 heavy (non-hydrogen) atoms. The maximum Gasteiger partial charge on any atom is 0.192 e. The minimum Gasteiger partial charge on any atom is -0.352 e. The average Bonchev–Trinajstić information content (AvgIpc) is 3.50. The summed E-state index contributed by atoms with van der Waals surface area (Å²) in [5.74, 6) is 3.59. The van der Waals surface area contributed by atoms with E-state index in [9.17, 15) is 0 Å². The Hall–Kier alpha value is -1.68. The van der Waals surface area contributed by atoms with E-state index in [1.165, 1.54) is 50.8 Å². The molecule has 0 spiro atoms. The standard InChI is InChI=1S/C23H35N7.HI/c1-18-27-28-22(29(18)2)15-25-23(24-14-19-8-4-3-5-9-19)26-21-12-13-30(17-21)16-20-10-6-7-11-20;/h3-5,8-9,20-21H,6-7,10-17H2,1-2H3,(H2,24,25,26);1H. The van der Waals surface area contributed by atoms with Gasteiger partial charge in [0.25, 0.3) is 0 Å². The van der Waals surface area contributed by atoms with Gasteiger partial charge in [0.15, 0.2) is 11.8 Å². The van der Waals surface area contributed by atoms with Crippen LogP contribution in [0.3, 0.4) is 0 Å². The molecule has 2 N–H and O–H groups in total. The number of likely N-dealkylation sites (tertiary alicyclic amines) is 1. The lowest BCUT2D eigenvalue weighted by Gasteiger charge is -2.21. The molecule has 1 aliphatic carbocycles. The van der Waals surface area contributed by atoms with Gasteiger partial charge >= 0.3 is 0 Å². The number of rotatable bonds is 7. The van der Waals surface area contributed by atoms with E-state index in [1.54, 1.807) is 0 Å². The highest BCUT2D eigenvalue weighted by molar-refractivity contribution is 14.0. The highest BCUT2D eigenvalue weighted by Gasteiger charge is 2.26. The molecule has 4 rings (SSSR count). The zero-order chi connectivity index (χ0) is 20.8. The fourth-order valence-electron chi connectivity index (χ4n) is 4.54. The first kappa shape index (κ1) is 24.0. The van der Waals surface area contributed by atoms with Crippen molar-refractivity contribution in [3.63, 3.8) is 0 Å². The third-order valence-corrected chi connectivity index (χ3v) is 6.46. The summed E-state index contributed by atoms with van der Waals surface area (Å²) in [7, 11) is 2.00. The number of nitrogens with zero attached hydrogens (tertiary/aromatic N) is 5. The lowest BCUT2D eigenvalue weighted by atomic mass is 10.1. The van der Waals surface area contributed by atoms with Crippen molar-refractivity contribution in [3.8, 4) is 0 Å². The number of hydrogen-bond acceptors (Lipinski definition) is 4. The molecule has 1 aromatic carbocycles. The Labute approximate surface area is 203 Å². The topological polar surface area (TPSA) is 70.4 Å². The van der Waals surface area contributed by atoms with Crippen LogP contribution in [0, 0.1) is 12.8 Å². The van der Waals surface area contributed by atoms with Gasteiger partial charge in [0.2, 0.25) is 0 Å². The van der Waals surface area contributed by atoms with Crippen LogP contribution in [0.1, 0.15) is 49.3 Å². The monoisotopic (exact) mass is 537 g/mol. The molecule has 0 bridgehead atoms. The van der Waals surface area contributed by atoms with Crippen LogP contribution in [0.5, 0.6) is 0 Å². The quantitative estimate of drug-likeness (QED) is 0.323. The van der Waals surface area contributed by atoms with Crippen LogP contribution in [0.2, 0.25) is 0 Å². The van der Waals surface area contributed by atoms with Gasteiger partial charge in [-0.2, -0.15) is 0 Å². The van der Waals surface area contributed by atoms with Crippen molar-refractivity contribution >= 4 is 29.9 Å². The van der Waals surface area contributed by atoms with Gasteiger partial charge < -0.3 is 20.1 Å². The summed E-state index contributed by atoms with van der Waals surface area (Å²) < 4.78 is 2.01. The minimum atomic E-state index is 0. The van der Waals surface area contributed by atoms with E-state index in [-0.39, 0.29) is 24.0 Å². The summed E-state index contributed by atoms with van der Waals surface area (Å²) in [6.45, 7) is 6.79. The molecule has 170 valence electrons. The van der Waals surface area contributed by atoms with Crippen LogP contribution in [0.15, 0.2) is 35.3 Å². The van der Waals surface area contributed by atoms with Crippen LogP contribution < -0.4 is 10.6 Å². The van der Waals surface area contributed by atoms with Crippen molar-refractivity contribution in [3.05, 3.63) is 47.5 Å². The Kier molecular flexibility index (Phi) is 9.13. The predicted molar refractivity (Wildman–Crippen MR) is 136 cm³/mol. The Morgan fingerprint density at radius 2 is 1.90 bits per heavy atom. The molecule has 1 atom stereocenters. The largest absolute Gasteiger partial charge is 0.352 e. The molecule has 2 aromatic rings. The normalized spacial score (nSPS) is 20.1. The van der Waals surface area contributed by atoms with Gasteiger partial charge in [0.1, 0.15) is 5.82 Å².